The van der Waals surface area contributed by atoms with E-state index in [1.165, 1.54) is 0 Å². The topological polar surface area (TPSA) is 51.7 Å². The highest BCUT2D eigenvalue weighted by Gasteiger charge is 2.08. The van der Waals surface area contributed by atoms with Gasteiger partial charge >= 0.3 is 0 Å². The van der Waals surface area contributed by atoms with Crippen LogP contribution in [0.4, 0.5) is 0 Å². The van der Waals surface area contributed by atoms with E-state index in [0.717, 1.165) is 10.9 Å². The summed E-state index contributed by atoms with van der Waals surface area (Å²) in [7, 11) is 3.97. The van der Waals surface area contributed by atoms with Gasteiger partial charge in [0.15, 0.2) is 15.6 Å². The van der Waals surface area contributed by atoms with E-state index in [1.807, 2.05) is 0 Å². The first-order chi connectivity index (χ1) is 5.77. The standard InChI is InChI=1S/C7H5ClN2OS/c8-12(11)6-1-2-7-5(3-6)4-9-10-7/h1-4H,(H,9,10)/t12-/m0/s1. The average Bonchev–Trinajstić information content (AvgIpc) is 2.49. The molecule has 0 aliphatic rings. The molecule has 1 aromatic carbocycles. The van der Waals surface area contributed by atoms with E-state index in [1.54, 1.807) is 24.4 Å². The van der Waals surface area contributed by atoms with Gasteiger partial charge in [0.05, 0.1) is 11.7 Å². The first kappa shape index (κ1) is 7.91. The fourth-order valence-corrected chi connectivity index (χ4v) is 1.70. The van der Waals surface area contributed by atoms with Crippen molar-refractivity contribution in [2.45, 2.75) is 4.90 Å². The Morgan fingerprint density at radius 3 is 3.08 bits per heavy atom. The van der Waals surface area contributed by atoms with Crippen LogP contribution >= 0.6 is 10.7 Å². The second-order valence-electron chi connectivity index (χ2n) is 2.34. The maximum atomic E-state index is 10.9. The number of hydrogen-bond acceptors (Lipinski definition) is 2. The van der Waals surface area contributed by atoms with E-state index in [-0.39, 0.29) is 0 Å². The third-order valence-electron chi connectivity index (χ3n) is 1.60. The number of H-pyrrole nitrogens is 1. The zero-order valence-electron chi connectivity index (χ0n) is 5.95. The van der Waals surface area contributed by atoms with Crippen molar-refractivity contribution in [2.75, 3.05) is 0 Å². The van der Waals surface area contributed by atoms with E-state index in [9.17, 15) is 4.55 Å². The smallest absolute Gasteiger partial charge is 0.181 e. The molecule has 0 spiro atoms. The van der Waals surface area contributed by atoms with Gasteiger partial charge in [0.25, 0.3) is 0 Å². The summed E-state index contributed by atoms with van der Waals surface area (Å²) in [5, 5.41) is 7.55. The number of nitrogens with zero attached hydrogens (tertiary/aromatic N) is 1. The van der Waals surface area contributed by atoms with Gasteiger partial charge in [-0.25, -0.2) is 0 Å². The van der Waals surface area contributed by atoms with Gasteiger partial charge in [-0.1, -0.05) is 0 Å². The highest BCUT2D eigenvalue weighted by atomic mass is 35.7. The van der Waals surface area contributed by atoms with Crippen LogP contribution in [0.1, 0.15) is 0 Å². The minimum absolute atomic E-state index is 0.602. The number of fused-ring (bicyclic) bond motifs is 1. The van der Waals surface area contributed by atoms with E-state index >= 15 is 0 Å². The van der Waals surface area contributed by atoms with Gasteiger partial charge in [0, 0.05) is 11.5 Å². The third kappa shape index (κ3) is 1.29. The number of nitrogens with one attached hydrogen (secondary N) is 1. The Morgan fingerprint density at radius 2 is 2.33 bits per heavy atom. The van der Waals surface area contributed by atoms with Crippen LogP contribution in [-0.2, 0) is 10.4 Å². The monoisotopic (exact) mass is 200 g/mol. The van der Waals surface area contributed by atoms with Crippen LogP contribution in [0.15, 0.2) is 29.3 Å². The molecule has 0 aliphatic carbocycles. The van der Waals surface area contributed by atoms with Crippen LogP contribution in [0.25, 0.3) is 10.9 Å². The Balaban J connectivity index is 2.60. The lowest BCUT2D eigenvalue weighted by Crippen LogP contribution is -1.88. The molecule has 0 aliphatic heterocycles. The van der Waals surface area contributed by atoms with Gasteiger partial charge in [0.2, 0.25) is 0 Å². The van der Waals surface area contributed by atoms with Crippen molar-refractivity contribution in [2.24, 2.45) is 0 Å². The van der Waals surface area contributed by atoms with E-state index in [4.69, 9.17) is 10.7 Å². The second-order valence-corrected chi connectivity index (χ2v) is 4.10. The van der Waals surface area contributed by atoms with Crippen molar-refractivity contribution in [3.8, 4) is 0 Å². The molecule has 0 radical (unpaired) electrons. The Kier molecular flexibility index (Phi) is 1.96. The predicted octanol–water partition coefficient (Wildman–Crippen LogP) is 1.82. The molecule has 2 rings (SSSR count). The molecule has 1 atom stereocenters. The molecule has 0 bridgehead atoms. The molecule has 3 nitrogen and oxygen atoms in total. The summed E-state index contributed by atoms with van der Waals surface area (Å²) in [6, 6.07) is 5.27. The Hall–Kier alpha value is -0.710. The molecule has 1 aromatic heterocycles. The van der Waals surface area contributed by atoms with Gasteiger partial charge in [0.1, 0.15) is 10.4 Å². The third-order valence-corrected chi connectivity index (χ3v) is 2.76. The second kappa shape index (κ2) is 2.97. The van der Waals surface area contributed by atoms with Gasteiger partial charge in [-0.15, -0.1) is 0 Å². The van der Waals surface area contributed by atoms with Crippen molar-refractivity contribution < 1.29 is 4.55 Å². The predicted molar refractivity (Wildman–Crippen MR) is 48.4 cm³/mol. The average molecular weight is 201 g/mol. The van der Waals surface area contributed by atoms with Crippen LogP contribution in [0.2, 0.25) is 0 Å². The summed E-state index contributed by atoms with van der Waals surface area (Å²) in [6.07, 6.45) is 1.67. The SMILES string of the molecule is [O-][S@+](Cl)c1ccc2[nH]ncc2c1. The van der Waals surface area contributed by atoms with E-state index in [2.05, 4.69) is 10.2 Å². The maximum Gasteiger partial charge on any atom is 0.181 e. The fraction of sp³-hybridized carbons (Fsp3) is 0. The number of rotatable bonds is 1. The van der Waals surface area contributed by atoms with Gasteiger partial charge in [-0.05, 0) is 12.1 Å². The minimum atomic E-state index is -1.44. The van der Waals surface area contributed by atoms with E-state index < -0.39 is 10.4 Å². The van der Waals surface area contributed by atoms with Crippen LogP contribution in [-0.4, -0.2) is 14.8 Å². The molecule has 12 heavy (non-hydrogen) atoms. The summed E-state index contributed by atoms with van der Waals surface area (Å²) in [5.41, 5.74) is 0.917. The lowest BCUT2D eigenvalue weighted by Gasteiger charge is -1.97. The molecule has 0 fully saturated rings. The number of halogens is 1. The lowest BCUT2D eigenvalue weighted by molar-refractivity contribution is 0.608. The first-order valence-electron chi connectivity index (χ1n) is 3.28. The Morgan fingerprint density at radius 1 is 1.50 bits per heavy atom. The summed E-state index contributed by atoms with van der Waals surface area (Å²) < 4.78 is 10.9. The molecule has 5 heteroatoms. The molecule has 0 unspecified atom stereocenters. The van der Waals surface area contributed by atoms with Crippen LogP contribution in [0.5, 0.6) is 0 Å². The lowest BCUT2D eigenvalue weighted by atomic mass is 10.3. The highest BCUT2D eigenvalue weighted by Crippen LogP contribution is 2.19. The molecule has 1 N–H and O–H groups in total. The summed E-state index contributed by atoms with van der Waals surface area (Å²) in [4.78, 5) is 0.602. The molecule has 62 valence electrons. The van der Waals surface area contributed by atoms with Crippen molar-refractivity contribution in [1.82, 2.24) is 10.2 Å². The zero-order chi connectivity index (χ0) is 8.55. The Bertz CT molecular complexity index is 401. The van der Waals surface area contributed by atoms with Gasteiger partial charge < -0.3 is 4.55 Å². The maximum absolute atomic E-state index is 10.9. The van der Waals surface area contributed by atoms with Crippen LogP contribution in [0, 0.1) is 0 Å². The summed E-state index contributed by atoms with van der Waals surface area (Å²) >= 11 is 0. The van der Waals surface area contributed by atoms with Crippen molar-refractivity contribution in [3.05, 3.63) is 24.4 Å². The normalized spacial score (nSPS) is 13.5. The zero-order valence-corrected chi connectivity index (χ0v) is 7.52. The molecule has 1 heterocycles. The molecular formula is C7H5ClN2OS. The number of hydrogen-bond donors (Lipinski definition) is 1. The van der Waals surface area contributed by atoms with Crippen molar-refractivity contribution >= 4 is 32.0 Å². The summed E-state index contributed by atoms with van der Waals surface area (Å²) in [6.45, 7) is 0. The van der Waals surface area contributed by atoms with Crippen LogP contribution in [0.3, 0.4) is 0 Å². The Labute approximate surface area is 76.4 Å². The van der Waals surface area contributed by atoms with Crippen molar-refractivity contribution in [1.29, 1.82) is 0 Å². The molecular weight excluding hydrogens is 196 g/mol. The number of aromatic amines is 1. The number of benzene rings is 1. The molecule has 0 saturated heterocycles. The molecule has 2 aromatic rings. The minimum Gasteiger partial charge on any atom is -0.594 e. The summed E-state index contributed by atoms with van der Waals surface area (Å²) in [5.74, 6) is 0. The van der Waals surface area contributed by atoms with E-state index in [0.29, 0.717) is 4.90 Å². The highest BCUT2D eigenvalue weighted by molar-refractivity contribution is 8.13. The molecule has 0 amide bonds. The van der Waals surface area contributed by atoms with Crippen molar-refractivity contribution in [3.63, 3.8) is 0 Å². The fourth-order valence-electron chi connectivity index (χ4n) is 1.02. The number of aromatic nitrogens is 2. The van der Waals surface area contributed by atoms with Gasteiger partial charge in [-0.3, -0.25) is 5.10 Å². The largest absolute Gasteiger partial charge is 0.594 e. The molecule has 0 saturated carbocycles. The van der Waals surface area contributed by atoms with Gasteiger partial charge in [-0.2, -0.15) is 5.10 Å². The quantitative estimate of drug-likeness (QED) is 0.714. The first-order valence-corrected chi connectivity index (χ1v) is 5.26. The van der Waals surface area contributed by atoms with Crippen LogP contribution < -0.4 is 0 Å².